The summed E-state index contributed by atoms with van der Waals surface area (Å²) in [5, 5.41) is 7.48. The largest absolute Gasteiger partial charge is 0.348 e. The Bertz CT molecular complexity index is 1110. The highest BCUT2D eigenvalue weighted by molar-refractivity contribution is 5.95. The summed E-state index contributed by atoms with van der Waals surface area (Å²) in [7, 11) is 0. The molecule has 0 spiro atoms. The van der Waals surface area contributed by atoms with Gasteiger partial charge in [0, 0.05) is 25.5 Å². The van der Waals surface area contributed by atoms with Crippen molar-refractivity contribution in [2.45, 2.75) is 33.4 Å². The van der Waals surface area contributed by atoms with Crippen molar-refractivity contribution in [3.8, 4) is 5.69 Å². The Balaban J connectivity index is 1.42. The first-order valence-electron chi connectivity index (χ1n) is 10.1. The Hall–Kier alpha value is -3.67. The minimum absolute atomic E-state index is 0.104. The highest BCUT2D eigenvalue weighted by Gasteiger charge is 2.17. The van der Waals surface area contributed by atoms with E-state index < -0.39 is 0 Å². The Morgan fingerprint density at radius 2 is 1.77 bits per heavy atom. The summed E-state index contributed by atoms with van der Waals surface area (Å²) in [5.74, 6) is -0.104. The number of carbonyl (C=O) groups excluding carboxylic acids is 1. The topological polar surface area (TPSA) is 64.7 Å². The third-order valence-electron chi connectivity index (χ3n) is 5.13. The van der Waals surface area contributed by atoms with Crippen LogP contribution in [0.1, 0.15) is 39.7 Å². The molecule has 1 N–H and O–H groups in total. The smallest absolute Gasteiger partial charge is 0.255 e. The number of nitrogens with zero attached hydrogens (tertiary/aromatic N) is 4. The second kappa shape index (κ2) is 8.78. The fourth-order valence-corrected chi connectivity index (χ4v) is 3.44. The number of imidazole rings is 1. The highest BCUT2D eigenvalue weighted by atomic mass is 16.1. The second-order valence-electron chi connectivity index (χ2n) is 7.34. The van der Waals surface area contributed by atoms with Gasteiger partial charge in [-0.25, -0.2) is 9.67 Å². The molecule has 30 heavy (non-hydrogen) atoms. The third-order valence-corrected chi connectivity index (χ3v) is 5.13. The van der Waals surface area contributed by atoms with E-state index in [9.17, 15) is 4.79 Å². The lowest BCUT2D eigenvalue weighted by molar-refractivity contribution is 0.0950. The molecule has 0 saturated heterocycles. The molecule has 0 saturated carbocycles. The summed E-state index contributed by atoms with van der Waals surface area (Å²) >= 11 is 0. The quantitative estimate of drug-likeness (QED) is 0.512. The van der Waals surface area contributed by atoms with Crippen LogP contribution in [0.2, 0.25) is 0 Å². The first-order valence-corrected chi connectivity index (χ1v) is 10.1. The Kier molecular flexibility index (Phi) is 5.75. The number of benzene rings is 2. The molecule has 0 bridgehead atoms. The van der Waals surface area contributed by atoms with Crippen molar-refractivity contribution in [1.29, 1.82) is 0 Å². The average Bonchev–Trinajstić information content (AvgIpc) is 3.43. The van der Waals surface area contributed by atoms with Crippen LogP contribution in [0.15, 0.2) is 73.4 Å². The van der Waals surface area contributed by atoms with E-state index in [0.29, 0.717) is 12.1 Å². The van der Waals surface area contributed by atoms with Gasteiger partial charge in [0.05, 0.1) is 29.5 Å². The van der Waals surface area contributed by atoms with Gasteiger partial charge in [-0.05, 0) is 36.6 Å². The molecule has 152 valence electrons. The zero-order valence-electron chi connectivity index (χ0n) is 17.2. The van der Waals surface area contributed by atoms with E-state index in [4.69, 9.17) is 0 Å². The lowest BCUT2D eigenvalue weighted by Gasteiger charge is -2.09. The molecule has 2 heterocycles. The number of hydrogen-bond donors (Lipinski definition) is 1. The number of hydrogen-bond acceptors (Lipinski definition) is 3. The van der Waals surface area contributed by atoms with Crippen LogP contribution < -0.4 is 5.32 Å². The lowest BCUT2D eigenvalue weighted by atomic mass is 10.1. The summed E-state index contributed by atoms with van der Waals surface area (Å²) in [6.07, 6.45) is 7.89. The molecule has 6 nitrogen and oxygen atoms in total. The first kappa shape index (κ1) is 19.6. The van der Waals surface area contributed by atoms with Crippen LogP contribution >= 0.6 is 0 Å². The van der Waals surface area contributed by atoms with Crippen LogP contribution in [-0.2, 0) is 19.5 Å². The maximum Gasteiger partial charge on any atom is 0.255 e. The van der Waals surface area contributed by atoms with E-state index in [-0.39, 0.29) is 5.91 Å². The van der Waals surface area contributed by atoms with Crippen molar-refractivity contribution >= 4 is 5.91 Å². The summed E-state index contributed by atoms with van der Waals surface area (Å²) < 4.78 is 3.87. The van der Waals surface area contributed by atoms with Gasteiger partial charge in [-0.15, -0.1) is 0 Å². The number of amides is 1. The van der Waals surface area contributed by atoms with Crippen molar-refractivity contribution in [3.63, 3.8) is 0 Å². The minimum Gasteiger partial charge on any atom is -0.348 e. The molecule has 4 aromatic rings. The Labute approximate surface area is 176 Å². The van der Waals surface area contributed by atoms with E-state index in [1.54, 1.807) is 18.7 Å². The molecule has 0 radical (unpaired) electrons. The van der Waals surface area contributed by atoms with Gasteiger partial charge in [0.15, 0.2) is 0 Å². The van der Waals surface area contributed by atoms with E-state index in [2.05, 4.69) is 34.5 Å². The van der Waals surface area contributed by atoms with Crippen molar-refractivity contribution in [1.82, 2.24) is 24.6 Å². The maximum absolute atomic E-state index is 12.8. The molecule has 0 aliphatic carbocycles. The maximum atomic E-state index is 12.8. The predicted octanol–water partition coefficient (Wildman–Crippen LogP) is 3.92. The van der Waals surface area contributed by atoms with Gasteiger partial charge in [-0.3, -0.25) is 4.79 Å². The predicted molar refractivity (Wildman–Crippen MR) is 117 cm³/mol. The normalized spacial score (nSPS) is 10.9. The molecule has 0 atom stereocenters. The molecule has 2 aromatic heterocycles. The summed E-state index contributed by atoms with van der Waals surface area (Å²) in [6.45, 7) is 5.35. The van der Waals surface area contributed by atoms with Crippen LogP contribution in [0.3, 0.4) is 0 Å². The van der Waals surface area contributed by atoms with Crippen LogP contribution in [0.25, 0.3) is 5.69 Å². The molecule has 4 rings (SSSR count). The van der Waals surface area contributed by atoms with Crippen molar-refractivity contribution in [2.24, 2.45) is 0 Å². The molecule has 2 aromatic carbocycles. The van der Waals surface area contributed by atoms with Crippen LogP contribution in [-0.4, -0.2) is 25.2 Å². The Morgan fingerprint density at radius 1 is 1.03 bits per heavy atom. The van der Waals surface area contributed by atoms with Crippen molar-refractivity contribution < 1.29 is 4.79 Å². The molecule has 0 unspecified atom stereocenters. The van der Waals surface area contributed by atoms with Crippen LogP contribution in [0, 0.1) is 6.92 Å². The van der Waals surface area contributed by atoms with E-state index in [1.165, 1.54) is 11.1 Å². The van der Waals surface area contributed by atoms with E-state index >= 15 is 0 Å². The molecule has 1 amide bonds. The number of carbonyl (C=O) groups is 1. The average molecular weight is 399 g/mol. The second-order valence-corrected chi connectivity index (χ2v) is 7.34. The first-order chi connectivity index (χ1) is 14.6. The summed E-state index contributed by atoms with van der Waals surface area (Å²) in [6, 6.07) is 16.4. The van der Waals surface area contributed by atoms with E-state index in [0.717, 1.165) is 29.9 Å². The number of aromatic nitrogens is 4. The van der Waals surface area contributed by atoms with Gasteiger partial charge in [-0.2, -0.15) is 5.10 Å². The van der Waals surface area contributed by atoms with Gasteiger partial charge in [0.1, 0.15) is 0 Å². The number of nitrogens with one attached hydrogen (secondary N) is 1. The fourth-order valence-electron chi connectivity index (χ4n) is 3.44. The standard InChI is InChI=1S/C24H25N5O/c1-3-23-22(15-27-29(23)21-10-4-18(2)5-11-21)24(30)26-14-19-6-8-20(9-7-19)16-28-13-12-25-17-28/h4-13,15,17H,3,14,16H2,1-2H3,(H,26,30). The third kappa shape index (κ3) is 4.33. The molecular formula is C24H25N5O. The molecule has 0 aliphatic heterocycles. The zero-order valence-corrected chi connectivity index (χ0v) is 17.2. The van der Waals surface area contributed by atoms with Crippen LogP contribution in [0.4, 0.5) is 0 Å². The fraction of sp³-hybridized carbons (Fsp3) is 0.208. The Morgan fingerprint density at radius 3 is 2.43 bits per heavy atom. The highest BCUT2D eigenvalue weighted by Crippen LogP contribution is 2.17. The number of aryl methyl sites for hydroxylation is 1. The molecule has 0 aliphatic rings. The van der Waals surface area contributed by atoms with Crippen LogP contribution in [0.5, 0.6) is 0 Å². The summed E-state index contributed by atoms with van der Waals surface area (Å²) in [4.78, 5) is 16.9. The zero-order chi connectivity index (χ0) is 20.9. The van der Waals surface area contributed by atoms with Crippen molar-refractivity contribution in [2.75, 3.05) is 0 Å². The van der Waals surface area contributed by atoms with Gasteiger partial charge in [0.2, 0.25) is 0 Å². The van der Waals surface area contributed by atoms with Gasteiger partial charge >= 0.3 is 0 Å². The molecule has 6 heteroatoms. The van der Waals surface area contributed by atoms with Gasteiger partial charge in [-0.1, -0.05) is 48.9 Å². The lowest BCUT2D eigenvalue weighted by Crippen LogP contribution is -2.23. The monoisotopic (exact) mass is 399 g/mol. The summed E-state index contributed by atoms with van der Waals surface area (Å²) in [5.41, 5.74) is 5.93. The van der Waals surface area contributed by atoms with Gasteiger partial charge in [0.25, 0.3) is 5.91 Å². The molecular weight excluding hydrogens is 374 g/mol. The molecule has 0 fully saturated rings. The van der Waals surface area contributed by atoms with Crippen molar-refractivity contribution in [3.05, 3.63) is 101 Å². The van der Waals surface area contributed by atoms with E-state index in [1.807, 2.05) is 58.8 Å². The minimum atomic E-state index is -0.104. The van der Waals surface area contributed by atoms with Gasteiger partial charge < -0.3 is 9.88 Å². The number of rotatable bonds is 7. The SMILES string of the molecule is CCc1c(C(=O)NCc2ccc(Cn3ccnc3)cc2)cnn1-c1ccc(C)cc1.